The summed E-state index contributed by atoms with van der Waals surface area (Å²) in [5, 5.41) is 19.9. The molecule has 1 atom stereocenters. The molecule has 0 spiro atoms. The molecule has 0 saturated carbocycles. The molecule has 0 radical (unpaired) electrons. The van der Waals surface area contributed by atoms with Crippen molar-refractivity contribution >= 4 is 17.3 Å². The van der Waals surface area contributed by atoms with Crippen molar-refractivity contribution in [3.63, 3.8) is 0 Å². The van der Waals surface area contributed by atoms with Crippen LogP contribution in [0.2, 0.25) is 0 Å². The number of carboxylic acid groups (broad SMARTS) is 1. The molecular formula is C12H14N2O4. The number of nitrogens with zero attached hydrogens (tertiary/aromatic N) is 2. The molecule has 1 fully saturated rings. The van der Waals surface area contributed by atoms with E-state index in [-0.39, 0.29) is 17.3 Å². The Hall–Kier alpha value is -2.11. The lowest BCUT2D eigenvalue weighted by Gasteiger charge is -2.23. The Balaban J connectivity index is 2.46. The number of hydrogen-bond acceptors (Lipinski definition) is 4. The highest BCUT2D eigenvalue weighted by molar-refractivity contribution is 5.89. The van der Waals surface area contributed by atoms with Gasteiger partial charge >= 0.3 is 5.97 Å². The second-order valence-corrected chi connectivity index (χ2v) is 4.45. The molecule has 1 N–H and O–H groups in total. The van der Waals surface area contributed by atoms with Gasteiger partial charge in [-0.05, 0) is 31.9 Å². The summed E-state index contributed by atoms with van der Waals surface area (Å²) >= 11 is 0. The average molecular weight is 250 g/mol. The van der Waals surface area contributed by atoms with E-state index in [4.69, 9.17) is 5.11 Å². The molecule has 1 aliphatic heterocycles. The zero-order valence-corrected chi connectivity index (χ0v) is 10.00. The smallest absolute Gasteiger partial charge is 0.335 e. The maximum absolute atomic E-state index is 11.0. The highest BCUT2D eigenvalue weighted by Crippen LogP contribution is 2.34. The largest absolute Gasteiger partial charge is 0.478 e. The van der Waals surface area contributed by atoms with Crippen molar-refractivity contribution in [2.24, 2.45) is 0 Å². The summed E-state index contributed by atoms with van der Waals surface area (Å²) in [5.74, 6) is -1.15. The van der Waals surface area contributed by atoms with Crippen LogP contribution in [0.5, 0.6) is 0 Å². The van der Waals surface area contributed by atoms with E-state index in [0.717, 1.165) is 25.5 Å². The lowest BCUT2D eigenvalue weighted by atomic mass is 10.1. The molecule has 0 aromatic heterocycles. The number of aromatic carboxylic acids is 1. The van der Waals surface area contributed by atoms with E-state index in [2.05, 4.69) is 0 Å². The second kappa shape index (κ2) is 4.64. The molecule has 1 aliphatic rings. The summed E-state index contributed by atoms with van der Waals surface area (Å²) in [5.41, 5.74) is 0.316. The SMILES string of the molecule is CC1CCCN1c1ccc(C(=O)O)cc1[N+](=O)[O-]. The quantitative estimate of drug-likeness (QED) is 0.657. The van der Waals surface area contributed by atoms with Gasteiger partial charge in [0.15, 0.2) is 0 Å². The molecular weight excluding hydrogens is 236 g/mol. The van der Waals surface area contributed by atoms with Crippen LogP contribution < -0.4 is 4.90 Å². The van der Waals surface area contributed by atoms with Gasteiger partial charge in [-0.15, -0.1) is 0 Å². The van der Waals surface area contributed by atoms with Gasteiger partial charge in [0.25, 0.3) is 5.69 Å². The molecule has 6 nitrogen and oxygen atoms in total. The molecule has 18 heavy (non-hydrogen) atoms. The Morgan fingerprint density at radius 1 is 1.56 bits per heavy atom. The van der Waals surface area contributed by atoms with E-state index >= 15 is 0 Å². The van der Waals surface area contributed by atoms with E-state index in [1.54, 1.807) is 0 Å². The van der Waals surface area contributed by atoms with Crippen molar-refractivity contribution < 1.29 is 14.8 Å². The third-order valence-corrected chi connectivity index (χ3v) is 3.28. The molecule has 1 aromatic carbocycles. The average Bonchev–Trinajstić information content (AvgIpc) is 2.74. The van der Waals surface area contributed by atoms with E-state index in [1.165, 1.54) is 12.1 Å². The number of carbonyl (C=O) groups is 1. The van der Waals surface area contributed by atoms with Gasteiger partial charge in [-0.1, -0.05) is 0 Å². The lowest BCUT2D eigenvalue weighted by molar-refractivity contribution is -0.384. The van der Waals surface area contributed by atoms with Crippen LogP contribution in [0.1, 0.15) is 30.1 Å². The third kappa shape index (κ3) is 2.13. The van der Waals surface area contributed by atoms with Gasteiger partial charge in [-0.2, -0.15) is 0 Å². The fourth-order valence-electron chi connectivity index (χ4n) is 2.34. The normalized spacial score (nSPS) is 18.9. The number of nitro benzene ring substituents is 1. The van der Waals surface area contributed by atoms with Gasteiger partial charge in [0.05, 0.1) is 10.5 Å². The molecule has 1 unspecified atom stereocenters. The number of nitro groups is 1. The number of anilines is 1. The van der Waals surface area contributed by atoms with Crippen molar-refractivity contribution in [2.45, 2.75) is 25.8 Å². The van der Waals surface area contributed by atoms with Crippen LogP contribution in [-0.2, 0) is 0 Å². The Morgan fingerprint density at radius 2 is 2.28 bits per heavy atom. The molecule has 0 aliphatic carbocycles. The highest BCUT2D eigenvalue weighted by Gasteiger charge is 2.27. The second-order valence-electron chi connectivity index (χ2n) is 4.45. The van der Waals surface area contributed by atoms with E-state index in [1.807, 2.05) is 11.8 Å². The maximum atomic E-state index is 11.0. The predicted molar refractivity (Wildman–Crippen MR) is 66.1 cm³/mol. The molecule has 1 aromatic rings. The standard InChI is InChI=1S/C12H14N2O4/c1-8-3-2-6-13(8)10-5-4-9(12(15)16)7-11(10)14(17)18/h4-5,7-8H,2-3,6H2,1H3,(H,15,16). The van der Waals surface area contributed by atoms with Crippen molar-refractivity contribution in [2.75, 3.05) is 11.4 Å². The number of hydrogen-bond donors (Lipinski definition) is 1. The summed E-state index contributed by atoms with van der Waals surface area (Å²) < 4.78 is 0. The first-order chi connectivity index (χ1) is 8.50. The van der Waals surface area contributed by atoms with Gasteiger partial charge in [-0.3, -0.25) is 10.1 Å². The van der Waals surface area contributed by atoms with Crippen LogP contribution in [-0.4, -0.2) is 28.6 Å². The zero-order valence-electron chi connectivity index (χ0n) is 10.00. The minimum atomic E-state index is -1.15. The Morgan fingerprint density at radius 3 is 2.78 bits per heavy atom. The molecule has 96 valence electrons. The Kier molecular flexibility index (Phi) is 3.18. The van der Waals surface area contributed by atoms with Gasteiger partial charge < -0.3 is 10.0 Å². The number of carboxylic acids is 1. The van der Waals surface area contributed by atoms with Crippen LogP contribution in [0, 0.1) is 10.1 Å². The van der Waals surface area contributed by atoms with Crippen LogP contribution in [0.3, 0.4) is 0 Å². The first-order valence-corrected chi connectivity index (χ1v) is 5.79. The highest BCUT2D eigenvalue weighted by atomic mass is 16.6. The van der Waals surface area contributed by atoms with E-state index < -0.39 is 10.9 Å². The monoisotopic (exact) mass is 250 g/mol. The molecule has 6 heteroatoms. The predicted octanol–water partition coefficient (Wildman–Crippen LogP) is 2.28. The van der Waals surface area contributed by atoms with Gasteiger partial charge in [-0.25, -0.2) is 4.79 Å². The van der Waals surface area contributed by atoms with Gasteiger partial charge in [0.1, 0.15) is 5.69 Å². The summed E-state index contributed by atoms with van der Waals surface area (Å²) in [7, 11) is 0. The fourth-order valence-corrected chi connectivity index (χ4v) is 2.34. The summed E-state index contributed by atoms with van der Waals surface area (Å²) in [6.07, 6.45) is 2.00. The summed E-state index contributed by atoms with van der Waals surface area (Å²) in [4.78, 5) is 23.3. The Labute approximate surface area is 104 Å². The maximum Gasteiger partial charge on any atom is 0.335 e. The van der Waals surface area contributed by atoms with Crippen molar-refractivity contribution in [1.29, 1.82) is 0 Å². The van der Waals surface area contributed by atoms with Crippen LogP contribution in [0.25, 0.3) is 0 Å². The van der Waals surface area contributed by atoms with Crippen LogP contribution in [0.15, 0.2) is 18.2 Å². The third-order valence-electron chi connectivity index (χ3n) is 3.28. The molecule has 0 bridgehead atoms. The summed E-state index contributed by atoms with van der Waals surface area (Å²) in [6.45, 7) is 2.79. The van der Waals surface area contributed by atoms with Crippen molar-refractivity contribution in [1.82, 2.24) is 0 Å². The topological polar surface area (TPSA) is 83.7 Å². The van der Waals surface area contributed by atoms with Gasteiger partial charge in [0, 0.05) is 18.7 Å². The molecule has 1 saturated heterocycles. The van der Waals surface area contributed by atoms with E-state index in [0.29, 0.717) is 5.69 Å². The number of rotatable bonds is 3. The first kappa shape index (κ1) is 12.3. The van der Waals surface area contributed by atoms with E-state index in [9.17, 15) is 14.9 Å². The van der Waals surface area contributed by atoms with Gasteiger partial charge in [0.2, 0.25) is 0 Å². The van der Waals surface area contributed by atoms with Crippen LogP contribution >= 0.6 is 0 Å². The number of benzene rings is 1. The summed E-state index contributed by atoms with van der Waals surface area (Å²) in [6, 6.07) is 4.32. The Bertz CT molecular complexity index is 501. The van der Waals surface area contributed by atoms with Crippen LogP contribution in [0.4, 0.5) is 11.4 Å². The van der Waals surface area contributed by atoms with Crippen molar-refractivity contribution in [3.05, 3.63) is 33.9 Å². The fraction of sp³-hybridized carbons (Fsp3) is 0.417. The first-order valence-electron chi connectivity index (χ1n) is 5.79. The molecule has 1 heterocycles. The lowest BCUT2D eigenvalue weighted by Crippen LogP contribution is -2.27. The molecule has 0 amide bonds. The van der Waals surface area contributed by atoms with Crippen molar-refractivity contribution in [3.8, 4) is 0 Å². The minimum Gasteiger partial charge on any atom is -0.478 e. The minimum absolute atomic E-state index is 0.0581. The molecule has 2 rings (SSSR count). The zero-order chi connectivity index (χ0) is 13.3.